The first-order chi connectivity index (χ1) is 15.3. The van der Waals surface area contributed by atoms with Crippen molar-refractivity contribution in [3.05, 3.63) is 52.3 Å². The van der Waals surface area contributed by atoms with Crippen molar-refractivity contribution in [3.8, 4) is 0 Å². The Morgan fingerprint density at radius 3 is 2.18 bits per heavy atom. The van der Waals surface area contributed by atoms with E-state index in [1.165, 1.54) is 12.0 Å². The largest absolute Gasteiger partial charge is 0.464 e. The second-order valence-electron chi connectivity index (χ2n) is 7.77. The van der Waals surface area contributed by atoms with Gasteiger partial charge in [-0.05, 0) is 57.8 Å². The van der Waals surface area contributed by atoms with Gasteiger partial charge in [0, 0.05) is 30.0 Å². The molecular formula is C22H27F3N4O4. The van der Waals surface area contributed by atoms with Crippen molar-refractivity contribution < 1.29 is 32.3 Å². The summed E-state index contributed by atoms with van der Waals surface area (Å²) in [4.78, 5) is 43.7. The van der Waals surface area contributed by atoms with Gasteiger partial charge in [0.05, 0.1) is 19.2 Å². The number of aryl methyl sites for hydroxylation is 1. The number of ketones is 1. The number of rotatable bonds is 8. The number of urea groups is 1. The molecule has 1 heterocycles. The van der Waals surface area contributed by atoms with Gasteiger partial charge in [0.15, 0.2) is 5.78 Å². The lowest BCUT2D eigenvalue weighted by Gasteiger charge is -2.24. The number of H-pyrrole nitrogens is 1. The number of alkyl halides is 3. The van der Waals surface area contributed by atoms with Gasteiger partial charge in [-0.1, -0.05) is 0 Å². The van der Waals surface area contributed by atoms with Crippen LogP contribution in [0.25, 0.3) is 0 Å². The Hall–Kier alpha value is -3.34. The number of ether oxygens (including phenoxy) is 1. The van der Waals surface area contributed by atoms with Gasteiger partial charge in [-0.3, -0.25) is 4.79 Å². The van der Waals surface area contributed by atoms with E-state index >= 15 is 0 Å². The third-order valence-electron chi connectivity index (χ3n) is 5.01. The van der Waals surface area contributed by atoms with Gasteiger partial charge in [0.1, 0.15) is 5.69 Å². The van der Waals surface area contributed by atoms with Gasteiger partial charge in [0.25, 0.3) is 0 Å². The maximum atomic E-state index is 13.0. The van der Waals surface area contributed by atoms with Crippen LogP contribution in [0.3, 0.4) is 0 Å². The molecule has 11 heteroatoms. The molecule has 2 rings (SSSR count). The van der Waals surface area contributed by atoms with Crippen LogP contribution in [0.1, 0.15) is 37.7 Å². The molecule has 0 saturated heterocycles. The van der Waals surface area contributed by atoms with Crippen LogP contribution in [0.5, 0.6) is 0 Å². The number of amides is 2. The molecule has 0 aliphatic heterocycles. The number of methoxy groups -OCH3 is 1. The molecule has 180 valence electrons. The second-order valence-corrected chi connectivity index (χ2v) is 7.77. The van der Waals surface area contributed by atoms with Crippen molar-refractivity contribution in [2.75, 3.05) is 46.2 Å². The van der Waals surface area contributed by atoms with E-state index in [4.69, 9.17) is 4.74 Å². The summed E-state index contributed by atoms with van der Waals surface area (Å²) in [5.41, 5.74) is 0.658. The zero-order valence-corrected chi connectivity index (χ0v) is 19.1. The number of anilines is 1. The SMILES string of the molecule is COC(=O)c1[nH]c(C)c(C(=O)CN(CCN(C)C)C(=O)Nc2ccc(C(F)(F)F)cc2)c1C. The Morgan fingerprint density at radius 2 is 1.67 bits per heavy atom. The first-order valence-electron chi connectivity index (χ1n) is 10.0. The van der Waals surface area contributed by atoms with E-state index in [0.29, 0.717) is 17.8 Å². The van der Waals surface area contributed by atoms with Crippen LogP contribution in [-0.4, -0.2) is 73.4 Å². The quantitative estimate of drug-likeness (QED) is 0.455. The number of nitrogens with zero attached hydrogens (tertiary/aromatic N) is 2. The number of carbonyl (C=O) groups excluding carboxylic acids is 3. The van der Waals surface area contributed by atoms with Gasteiger partial charge < -0.3 is 24.8 Å². The molecule has 0 radical (unpaired) electrons. The lowest BCUT2D eigenvalue weighted by Crippen LogP contribution is -2.42. The van der Waals surface area contributed by atoms with Crippen molar-refractivity contribution in [2.45, 2.75) is 20.0 Å². The number of Topliss-reactive ketones (excluding diaryl/α,β-unsaturated/α-hetero) is 1. The molecule has 2 N–H and O–H groups in total. The smallest absolute Gasteiger partial charge is 0.416 e. The topological polar surface area (TPSA) is 94.7 Å². The normalized spacial score (nSPS) is 11.4. The lowest BCUT2D eigenvalue weighted by atomic mass is 10.1. The van der Waals surface area contributed by atoms with Crippen LogP contribution in [0.2, 0.25) is 0 Å². The molecule has 33 heavy (non-hydrogen) atoms. The monoisotopic (exact) mass is 468 g/mol. The minimum absolute atomic E-state index is 0.160. The molecule has 1 aromatic carbocycles. The molecule has 2 aromatic rings. The van der Waals surface area contributed by atoms with E-state index in [9.17, 15) is 27.6 Å². The minimum atomic E-state index is -4.48. The highest BCUT2D eigenvalue weighted by Gasteiger charge is 2.30. The first kappa shape index (κ1) is 25.9. The molecule has 8 nitrogen and oxygen atoms in total. The maximum Gasteiger partial charge on any atom is 0.416 e. The Kier molecular flexibility index (Phi) is 8.26. The van der Waals surface area contributed by atoms with E-state index in [-0.39, 0.29) is 30.0 Å². The van der Waals surface area contributed by atoms with Crippen LogP contribution < -0.4 is 5.32 Å². The zero-order valence-electron chi connectivity index (χ0n) is 19.1. The zero-order chi connectivity index (χ0) is 24.9. The Bertz CT molecular complexity index is 1010. The summed E-state index contributed by atoms with van der Waals surface area (Å²) in [7, 11) is 4.84. The van der Waals surface area contributed by atoms with Crippen molar-refractivity contribution in [1.82, 2.24) is 14.8 Å². The predicted molar refractivity (Wildman–Crippen MR) is 117 cm³/mol. The molecule has 2 amide bonds. The molecule has 0 aliphatic rings. The summed E-state index contributed by atoms with van der Waals surface area (Å²) < 4.78 is 43.0. The van der Waals surface area contributed by atoms with Crippen LogP contribution in [0.4, 0.5) is 23.7 Å². The number of esters is 1. The summed E-state index contributed by atoms with van der Waals surface area (Å²) >= 11 is 0. The molecular weight excluding hydrogens is 441 g/mol. The average molecular weight is 468 g/mol. The standard InChI is InChI=1S/C22H27F3N4O4/c1-13-18(14(2)26-19(13)20(31)33-5)17(30)12-29(11-10-28(3)4)21(32)27-16-8-6-15(7-9-16)22(23,24)25/h6-9,26H,10-12H2,1-5H3,(H,27,32). The summed E-state index contributed by atoms with van der Waals surface area (Å²) in [6, 6.07) is 3.40. The van der Waals surface area contributed by atoms with Crippen LogP contribution in [0, 0.1) is 13.8 Å². The van der Waals surface area contributed by atoms with Crippen molar-refractivity contribution in [2.24, 2.45) is 0 Å². The molecule has 0 unspecified atom stereocenters. The van der Waals surface area contributed by atoms with Crippen LogP contribution in [0.15, 0.2) is 24.3 Å². The molecule has 0 aliphatic carbocycles. The highest BCUT2D eigenvalue weighted by Crippen LogP contribution is 2.30. The maximum absolute atomic E-state index is 13.0. The number of nitrogens with one attached hydrogen (secondary N) is 2. The van der Waals surface area contributed by atoms with E-state index in [1.807, 2.05) is 4.90 Å². The van der Waals surface area contributed by atoms with Crippen LogP contribution in [-0.2, 0) is 10.9 Å². The first-order valence-corrected chi connectivity index (χ1v) is 10.0. The summed E-state index contributed by atoms with van der Waals surface area (Å²) in [6.07, 6.45) is -4.48. The number of likely N-dealkylation sites (N-methyl/N-ethyl adjacent to an activating group) is 1. The van der Waals surface area contributed by atoms with Gasteiger partial charge in [-0.2, -0.15) is 13.2 Å². The number of carbonyl (C=O) groups is 3. The molecule has 0 saturated carbocycles. The van der Waals surface area contributed by atoms with E-state index < -0.39 is 29.5 Å². The predicted octanol–water partition coefficient (Wildman–Crippen LogP) is 3.72. The number of aromatic nitrogens is 1. The lowest BCUT2D eigenvalue weighted by molar-refractivity contribution is -0.137. The molecule has 1 aromatic heterocycles. The highest BCUT2D eigenvalue weighted by atomic mass is 19.4. The minimum Gasteiger partial charge on any atom is -0.464 e. The summed E-state index contributed by atoms with van der Waals surface area (Å²) in [5, 5.41) is 2.53. The van der Waals surface area contributed by atoms with Crippen molar-refractivity contribution in [3.63, 3.8) is 0 Å². The van der Waals surface area contributed by atoms with Gasteiger partial charge >= 0.3 is 18.2 Å². The number of aromatic amines is 1. The molecule has 0 spiro atoms. The summed E-state index contributed by atoms with van der Waals surface area (Å²) in [6.45, 7) is 3.60. The fraction of sp³-hybridized carbons (Fsp3) is 0.409. The van der Waals surface area contributed by atoms with Crippen molar-refractivity contribution in [1.29, 1.82) is 0 Å². The van der Waals surface area contributed by atoms with Crippen LogP contribution >= 0.6 is 0 Å². The number of halogens is 3. The molecule has 0 fully saturated rings. The van der Waals surface area contributed by atoms with Gasteiger partial charge in [0.2, 0.25) is 0 Å². The van der Waals surface area contributed by atoms with Gasteiger partial charge in [-0.25, -0.2) is 9.59 Å². The number of hydrogen-bond acceptors (Lipinski definition) is 5. The number of benzene rings is 1. The van der Waals surface area contributed by atoms with Crippen molar-refractivity contribution >= 4 is 23.5 Å². The van der Waals surface area contributed by atoms with E-state index in [2.05, 4.69) is 10.3 Å². The average Bonchev–Trinajstić information content (AvgIpc) is 3.03. The highest BCUT2D eigenvalue weighted by molar-refractivity contribution is 6.05. The van der Waals surface area contributed by atoms with Gasteiger partial charge in [-0.15, -0.1) is 0 Å². The second kappa shape index (κ2) is 10.5. The number of hydrogen-bond donors (Lipinski definition) is 2. The Balaban J connectivity index is 2.22. The summed E-state index contributed by atoms with van der Waals surface area (Å²) in [5.74, 6) is -1.00. The van der Waals surface area contributed by atoms with E-state index in [0.717, 1.165) is 24.3 Å². The molecule has 0 atom stereocenters. The third-order valence-corrected chi connectivity index (χ3v) is 5.01. The fourth-order valence-corrected chi connectivity index (χ4v) is 3.25. The Morgan fingerprint density at radius 1 is 1.06 bits per heavy atom. The molecule has 0 bridgehead atoms. The van der Waals surface area contributed by atoms with E-state index in [1.54, 1.807) is 27.9 Å². The third kappa shape index (κ3) is 6.58. The Labute approximate surface area is 189 Å². The fourth-order valence-electron chi connectivity index (χ4n) is 3.25.